The fourth-order valence-electron chi connectivity index (χ4n) is 3.13. The van der Waals surface area contributed by atoms with E-state index in [-0.39, 0.29) is 11.6 Å². The number of fused-ring (bicyclic) bond motifs is 1. The summed E-state index contributed by atoms with van der Waals surface area (Å²) >= 11 is 0. The molecule has 5 rings (SSSR count). The van der Waals surface area contributed by atoms with E-state index >= 15 is 0 Å². The monoisotopic (exact) mass is 383 g/mol. The average Bonchev–Trinajstić information content (AvgIpc) is 3.41. The largest absolute Gasteiger partial charge is 0.416 e. The minimum Gasteiger partial charge on any atom is -0.416 e. The summed E-state index contributed by atoms with van der Waals surface area (Å²) in [7, 11) is 0. The fraction of sp³-hybridized carbons (Fsp3) is 0. The molecule has 0 aliphatic carbocycles. The van der Waals surface area contributed by atoms with Gasteiger partial charge in [0.15, 0.2) is 0 Å². The first-order chi connectivity index (χ1) is 14.2. The average molecular weight is 383 g/mol. The van der Waals surface area contributed by atoms with Crippen LogP contribution in [0.1, 0.15) is 0 Å². The van der Waals surface area contributed by atoms with Crippen LogP contribution in [-0.4, -0.2) is 25.1 Å². The Morgan fingerprint density at radius 3 is 2.28 bits per heavy atom. The van der Waals surface area contributed by atoms with Gasteiger partial charge in [-0.25, -0.2) is 4.98 Å². The number of H-pyrrole nitrogens is 1. The lowest BCUT2D eigenvalue weighted by molar-refractivity contribution is -0.384. The van der Waals surface area contributed by atoms with Gasteiger partial charge in [-0.15, -0.1) is 10.2 Å². The van der Waals surface area contributed by atoms with E-state index in [0.29, 0.717) is 17.3 Å². The van der Waals surface area contributed by atoms with Crippen LogP contribution in [0.2, 0.25) is 0 Å². The predicted octanol–water partition coefficient (Wildman–Crippen LogP) is 4.86. The summed E-state index contributed by atoms with van der Waals surface area (Å²) in [5, 5.41) is 19.1. The highest BCUT2D eigenvalue weighted by Crippen LogP contribution is 2.32. The third kappa shape index (κ3) is 3.02. The molecule has 8 nitrogen and oxygen atoms in total. The Hall–Kier alpha value is -4.33. The van der Waals surface area contributed by atoms with Gasteiger partial charge in [-0.3, -0.25) is 10.1 Å². The first kappa shape index (κ1) is 16.8. The van der Waals surface area contributed by atoms with E-state index < -0.39 is 4.92 Å². The van der Waals surface area contributed by atoms with Crippen molar-refractivity contribution in [2.75, 3.05) is 0 Å². The van der Waals surface area contributed by atoms with E-state index in [0.717, 1.165) is 22.2 Å². The number of aromatic amines is 1. The van der Waals surface area contributed by atoms with Gasteiger partial charge in [0.1, 0.15) is 5.82 Å². The smallest absolute Gasteiger partial charge is 0.269 e. The Kier molecular flexibility index (Phi) is 3.87. The highest BCUT2D eigenvalue weighted by Gasteiger charge is 2.17. The molecule has 2 heterocycles. The van der Waals surface area contributed by atoms with E-state index in [9.17, 15) is 10.1 Å². The summed E-state index contributed by atoms with van der Waals surface area (Å²) in [4.78, 5) is 18.3. The summed E-state index contributed by atoms with van der Waals surface area (Å²) < 4.78 is 5.86. The molecule has 0 unspecified atom stereocenters. The van der Waals surface area contributed by atoms with Crippen molar-refractivity contribution in [3.8, 4) is 34.3 Å². The number of hydrogen-bond donors (Lipinski definition) is 1. The Morgan fingerprint density at radius 2 is 1.52 bits per heavy atom. The van der Waals surface area contributed by atoms with Crippen molar-refractivity contribution in [3.63, 3.8) is 0 Å². The van der Waals surface area contributed by atoms with Crippen molar-refractivity contribution in [2.45, 2.75) is 0 Å². The Balaban J connectivity index is 1.55. The molecule has 0 fully saturated rings. The maximum atomic E-state index is 10.8. The van der Waals surface area contributed by atoms with Gasteiger partial charge in [0.25, 0.3) is 5.69 Å². The van der Waals surface area contributed by atoms with Crippen LogP contribution in [-0.2, 0) is 0 Å². The highest BCUT2D eigenvalue weighted by atomic mass is 16.6. The van der Waals surface area contributed by atoms with E-state index in [1.165, 1.54) is 12.1 Å². The molecule has 0 atom stereocenters. The molecular weight excluding hydrogens is 370 g/mol. The van der Waals surface area contributed by atoms with Crippen molar-refractivity contribution in [1.82, 2.24) is 20.2 Å². The van der Waals surface area contributed by atoms with Gasteiger partial charge in [-0.2, -0.15) is 0 Å². The number of rotatable bonds is 4. The zero-order valence-corrected chi connectivity index (χ0v) is 14.9. The number of hydrogen-bond acceptors (Lipinski definition) is 6. The number of nitrogens with one attached hydrogen (secondary N) is 1. The van der Waals surface area contributed by atoms with Crippen molar-refractivity contribution in [1.29, 1.82) is 0 Å². The molecule has 0 bridgehead atoms. The molecule has 0 aliphatic heterocycles. The zero-order valence-electron chi connectivity index (χ0n) is 14.9. The van der Waals surface area contributed by atoms with Gasteiger partial charge in [0, 0.05) is 28.8 Å². The van der Waals surface area contributed by atoms with E-state index in [1.807, 2.05) is 48.5 Å². The molecule has 8 heteroatoms. The van der Waals surface area contributed by atoms with Crippen LogP contribution in [0.25, 0.3) is 45.3 Å². The zero-order chi connectivity index (χ0) is 19.8. The summed E-state index contributed by atoms with van der Waals surface area (Å²) in [5.74, 6) is 1.33. The van der Waals surface area contributed by atoms with Gasteiger partial charge < -0.3 is 9.40 Å². The summed E-state index contributed by atoms with van der Waals surface area (Å²) in [6, 6.07) is 21.4. The third-order valence-corrected chi connectivity index (χ3v) is 4.55. The lowest BCUT2D eigenvalue weighted by Gasteiger charge is -2.02. The fourth-order valence-corrected chi connectivity index (χ4v) is 3.13. The standard InChI is InChI=1S/C21H13N5O3/c27-26(28)14-11-9-13(10-12-14)20-24-25-21(29-20)16-6-2-1-5-15(16)19-22-17-7-3-4-8-18(17)23-19/h1-12H,(H,22,23). The van der Waals surface area contributed by atoms with Crippen LogP contribution >= 0.6 is 0 Å². The van der Waals surface area contributed by atoms with Gasteiger partial charge in [0.2, 0.25) is 11.8 Å². The predicted molar refractivity (Wildman–Crippen MR) is 107 cm³/mol. The molecule has 0 saturated heterocycles. The van der Waals surface area contributed by atoms with Crippen LogP contribution in [0, 0.1) is 10.1 Å². The number of non-ortho nitro benzene ring substituents is 1. The second-order valence-electron chi connectivity index (χ2n) is 6.36. The minimum atomic E-state index is -0.452. The normalized spacial score (nSPS) is 11.0. The van der Waals surface area contributed by atoms with Crippen molar-refractivity contribution >= 4 is 16.7 Å². The summed E-state index contributed by atoms with van der Waals surface area (Å²) in [6.45, 7) is 0. The molecule has 3 aromatic carbocycles. The number of nitrogens with zero attached hydrogens (tertiary/aromatic N) is 4. The van der Waals surface area contributed by atoms with Crippen LogP contribution < -0.4 is 0 Å². The molecule has 0 aliphatic rings. The lowest BCUT2D eigenvalue weighted by Crippen LogP contribution is -1.87. The number of nitro benzene ring substituents is 1. The molecule has 0 amide bonds. The van der Waals surface area contributed by atoms with Gasteiger partial charge in [0.05, 0.1) is 16.0 Å². The SMILES string of the molecule is O=[N+]([O-])c1ccc(-c2nnc(-c3ccccc3-c3nc4ccccc4[nH]3)o2)cc1. The number of imidazole rings is 1. The van der Waals surface area contributed by atoms with Crippen LogP contribution in [0.4, 0.5) is 5.69 Å². The Labute approximate surface area is 164 Å². The number of benzene rings is 3. The molecule has 140 valence electrons. The van der Waals surface area contributed by atoms with Crippen LogP contribution in [0.15, 0.2) is 77.2 Å². The van der Waals surface area contributed by atoms with E-state index in [4.69, 9.17) is 4.42 Å². The molecule has 29 heavy (non-hydrogen) atoms. The molecule has 2 aromatic heterocycles. The van der Waals surface area contributed by atoms with Crippen molar-refractivity contribution < 1.29 is 9.34 Å². The van der Waals surface area contributed by atoms with Crippen LogP contribution in [0.5, 0.6) is 0 Å². The maximum absolute atomic E-state index is 10.8. The molecule has 0 radical (unpaired) electrons. The van der Waals surface area contributed by atoms with Gasteiger partial charge >= 0.3 is 0 Å². The first-order valence-electron chi connectivity index (χ1n) is 8.82. The molecule has 0 saturated carbocycles. The van der Waals surface area contributed by atoms with Crippen LogP contribution in [0.3, 0.4) is 0 Å². The highest BCUT2D eigenvalue weighted by molar-refractivity contribution is 5.83. The van der Waals surface area contributed by atoms with Gasteiger partial charge in [-0.05, 0) is 30.3 Å². The number of nitro groups is 1. The second kappa shape index (κ2) is 6.68. The third-order valence-electron chi connectivity index (χ3n) is 4.55. The quantitative estimate of drug-likeness (QED) is 0.351. The molecular formula is C21H13N5O3. The van der Waals surface area contributed by atoms with Gasteiger partial charge in [-0.1, -0.05) is 30.3 Å². The Bertz CT molecular complexity index is 1300. The number of aromatic nitrogens is 4. The molecule has 1 N–H and O–H groups in total. The maximum Gasteiger partial charge on any atom is 0.269 e. The molecule has 0 spiro atoms. The van der Waals surface area contributed by atoms with Crippen molar-refractivity contribution in [3.05, 3.63) is 82.9 Å². The van der Waals surface area contributed by atoms with E-state index in [1.54, 1.807) is 12.1 Å². The first-order valence-corrected chi connectivity index (χ1v) is 8.82. The minimum absolute atomic E-state index is 0.00344. The lowest BCUT2D eigenvalue weighted by atomic mass is 10.1. The van der Waals surface area contributed by atoms with E-state index in [2.05, 4.69) is 20.2 Å². The topological polar surface area (TPSA) is 111 Å². The number of para-hydroxylation sites is 2. The Morgan fingerprint density at radius 1 is 0.828 bits per heavy atom. The summed E-state index contributed by atoms with van der Waals surface area (Å²) in [5.41, 5.74) is 4.00. The van der Waals surface area contributed by atoms with Crippen molar-refractivity contribution in [2.24, 2.45) is 0 Å². The summed E-state index contributed by atoms with van der Waals surface area (Å²) in [6.07, 6.45) is 0. The molecule has 5 aromatic rings. The second-order valence-corrected chi connectivity index (χ2v) is 6.36.